The molecule has 0 unspecified atom stereocenters. The fraction of sp³-hybridized carbons (Fsp3) is 0.611. The molecule has 1 aromatic carbocycles. The number of halogens is 1. The number of hydrogen-bond acceptors (Lipinski definition) is 3. The molecule has 0 radical (unpaired) electrons. The number of carbonyl (C=O) groups is 1. The number of para-hydroxylation sites is 1. The normalized spacial score (nSPS) is 23.2. The van der Waals surface area contributed by atoms with Crippen molar-refractivity contribution in [3.05, 3.63) is 29.8 Å². The van der Waals surface area contributed by atoms with Crippen LogP contribution in [0, 0.1) is 17.8 Å². The van der Waals surface area contributed by atoms with Gasteiger partial charge in [-0.25, -0.2) is 0 Å². The van der Waals surface area contributed by atoms with Crippen molar-refractivity contribution in [3.8, 4) is 5.75 Å². The number of ether oxygens (including phenoxy) is 1. The minimum absolute atomic E-state index is 0. The Bertz CT molecular complexity index is 519. The molecule has 2 saturated carbocycles. The summed E-state index contributed by atoms with van der Waals surface area (Å²) in [4.78, 5) is 12.4. The van der Waals surface area contributed by atoms with Crippen molar-refractivity contribution in [1.82, 2.24) is 5.32 Å². The summed E-state index contributed by atoms with van der Waals surface area (Å²) in [7, 11) is 0. The molecule has 0 saturated heterocycles. The van der Waals surface area contributed by atoms with Crippen molar-refractivity contribution in [2.24, 2.45) is 23.5 Å². The molecule has 2 fully saturated rings. The van der Waals surface area contributed by atoms with Crippen LogP contribution >= 0.6 is 12.4 Å². The molecular formula is C18H27ClN2O2. The highest BCUT2D eigenvalue weighted by Crippen LogP contribution is 2.32. The Morgan fingerprint density at radius 1 is 1.22 bits per heavy atom. The van der Waals surface area contributed by atoms with Gasteiger partial charge in [-0.2, -0.15) is 0 Å². The third-order valence-electron chi connectivity index (χ3n) is 4.90. The molecule has 1 aromatic rings. The van der Waals surface area contributed by atoms with E-state index in [2.05, 4.69) is 5.32 Å². The monoisotopic (exact) mass is 338 g/mol. The second-order valence-electron chi connectivity index (χ2n) is 6.61. The van der Waals surface area contributed by atoms with Crippen molar-refractivity contribution < 1.29 is 9.53 Å². The molecule has 1 amide bonds. The Hall–Kier alpha value is -1.26. The molecule has 0 bridgehead atoms. The topological polar surface area (TPSA) is 64.4 Å². The summed E-state index contributed by atoms with van der Waals surface area (Å²) >= 11 is 0. The van der Waals surface area contributed by atoms with Crippen LogP contribution in [0.1, 0.15) is 37.7 Å². The van der Waals surface area contributed by atoms with Crippen molar-refractivity contribution in [3.63, 3.8) is 0 Å². The standard InChI is InChI=1S/C18H26N2O2.ClH/c19-10-14-5-3-6-16(14)18(21)20-11-15-4-1-2-7-17(15)22-12-13-8-9-13;/h1-2,4,7,13-14,16H,3,5-6,8-12,19H2,(H,20,21);1H/t14-,16-;/m1./s1. The summed E-state index contributed by atoms with van der Waals surface area (Å²) in [6.45, 7) is 1.94. The largest absolute Gasteiger partial charge is 0.493 e. The lowest BCUT2D eigenvalue weighted by Crippen LogP contribution is -2.34. The van der Waals surface area contributed by atoms with E-state index in [9.17, 15) is 4.79 Å². The molecule has 23 heavy (non-hydrogen) atoms. The van der Waals surface area contributed by atoms with Crippen LogP contribution < -0.4 is 15.8 Å². The van der Waals surface area contributed by atoms with E-state index in [1.54, 1.807) is 0 Å². The molecule has 128 valence electrons. The lowest BCUT2D eigenvalue weighted by atomic mass is 9.95. The highest BCUT2D eigenvalue weighted by Gasteiger charge is 2.31. The van der Waals surface area contributed by atoms with E-state index >= 15 is 0 Å². The summed E-state index contributed by atoms with van der Waals surface area (Å²) in [6, 6.07) is 7.98. The molecule has 0 aliphatic heterocycles. The van der Waals surface area contributed by atoms with Crippen LogP contribution in [0.25, 0.3) is 0 Å². The number of rotatable bonds is 7. The van der Waals surface area contributed by atoms with Gasteiger partial charge in [-0.3, -0.25) is 4.79 Å². The van der Waals surface area contributed by atoms with Crippen LogP contribution in [0.4, 0.5) is 0 Å². The summed E-state index contributed by atoms with van der Waals surface area (Å²) < 4.78 is 5.89. The van der Waals surface area contributed by atoms with Gasteiger partial charge >= 0.3 is 0 Å². The number of benzene rings is 1. The van der Waals surface area contributed by atoms with E-state index < -0.39 is 0 Å². The summed E-state index contributed by atoms with van der Waals surface area (Å²) in [5.74, 6) is 2.21. The lowest BCUT2D eigenvalue weighted by Gasteiger charge is -2.18. The van der Waals surface area contributed by atoms with E-state index in [1.165, 1.54) is 12.8 Å². The molecule has 0 aromatic heterocycles. The quantitative estimate of drug-likeness (QED) is 0.803. The maximum absolute atomic E-state index is 12.4. The molecule has 4 nitrogen and oxygen atoms in total. The van der Waals surface area contributed by atoms with E-state index in [0.29, 0.717) is 19.0 Å². The highest BCUT2D eigenvalue weighted by molar-refractivity contribution is 5.85. The van der Waals surface area contributed by atoms with Crippen LogP contribution in [0.3, 0.4) is 0 Å². The van der Waals surface area contributed by atoms with Crippen LogP contribution in [0.2, 0.25) is 0 Å². The van der Waals surface area contributed by atoms with Gasteiger partial charge in [0.25, 0.3) is 0 Å². The molecule has 0 heterocycles. The second-order valence-corrected chi connectivity index (χ2v) is 6.61. The Kier molecular flexibility index (Phi) is 6.72. The Morgan fingerprint density at radius 3 is 2.74 bits per heavy atom. The molecule has 2 atom stereocenters. The number of nitrogens with two attached hydrogens (primary N) is 1. The van der Waals surface area contributed by atoms with Gasteiger partial charge in [-0.15, -0.1) is 12.4 Å². The van der Waals surface area contributed by atoms with E-state index in [1.807, 2.05) is 24.3 Å². The van der Waals surface area contributed by atoms with Crippen molar-refractivity contribution in [2.45, 2.75) is 38.6 Å². The zero-order chi connectivity index (χ0) is 15.4. The maximum Gasteiger partial charge on any atom is 0.223 e. The van der Waals surface area contributed by atoms with E-state index in [-0.39, 0.29) is 24.2 Å². The van der Waals surface area contributed by atoms with Gasteiger partial charge in [-0.05, 0) is 50.1 Å². The zero-order valence-corrected chi connectivity index (χ0v) is 14.3. The summed E-state index contributed by atoms with van der Waals surface area (Å²) in [6.07, 6.45) is 5.71. The molecule has 2 aliphatic carbocycles. The second kappa shape index (κ2) is 8.55. The predicted octanol–water partition coefficient (Wildman–Crippen LogP) is 2.89. The molecule has 3 N–H and O–H groups in total. The average Bonchev–Trinajstić information content (AvgIpc) is 3.25. The van der Waals surface area contributed by atoms with E-state index in [4.69, 9.17) is 10.5 Å². The minimum atomic E-state index is 0. The van der Waals surface area contributed by atoms with Crippen LogP contribution in [0.5, 0.6) is 5.75 Å². The van der Waals surface area contributed by atoms with Gasteiger partial charge < -0.3 is 15.8 Å². The average molecular weight is 339 g/mol. The molecule has 2 aliphatic rings. The lowest BCUT2D eigenvalue weighted by molar-refractivity contribution is -0.126. The molecule has 3 rings (SSSR count). The van der Waals surface area contributed by atoms with Crippen molar-refractivity contribution in [2.75, 3.05) is 13.2 Å². The summed E-state index contributed by atoms with van der Waals surface area (Å²) in [5, 5.41) is 3.07. The Morgan fingerprint density at radius 2 is 2.00 bits per heavy atom. The third-order valence-corrected chi connectivity index (χ3v) is 4.90. The zero-order valence-electron chi connectivity index (χ0n) is 13.5. The van der Waals surface area contributed by atoms with Crippen LogP contribution in [-0.4, -0.2) is 19.1 Å². The van der Waals surface area contributed by atoms with Crippen molar-refractivity contribution in [1.29, 1.82) is 0 Å². The van der Waals surface area contributed by atoms with Gasteiger partial charge in [0.2, 0.25) is 5.91 Å². The van der Waals surface area contributed by atoms with Gasteiger partial charge in [0.05, 0.1) is 6.61 Å². The van der Waals surface area contributed by atoms with Gasteiger partial charge in [0, 0.05) is 18.0 Å². The van der Waals surface area contributed by atoms with Gasteiger partial charge in [0.1, 0.15) is 5.75 Å². The molecule has 5 heteroatoms. The number of carbonyl (C=O) groups excluding carboxylic acids is 1. The Labute approximate surface area is 144 Å². The van der Waals surface area contributed by atoms with Crippen LogP contribution in [0.15, 0.2) is 24.3 Å². The molecular weight excluding hydrogens is 312 g/mol. The predicted molar refractivity (Wildman–Crippen MR) is 93.6 cm³/mol. The van der Waals surface area contributed by atoms with Gasteiger partial charge in [-0.1, -0.05) is 24.6 Å². The summed E-state index contributed by atoms with van der Waals surface area (Å²) in [5.41, 5.74) is 6.82. The first-order valence-electron chi connectivity index (χ1n) is 8.46. The number of hydrogen-bond donors (Lipinski definition) is 2. The first kappa shape index (κ1) is 18.1. The third kappa shape index (κ3) is 4.85. The smallest absolute Gasteiger partial charge is 0.223 e. The fourth-order valence-electron chi connectivity index (χ4n) is 3.26. The van der Waals surface area contributed by atoms with Gasteiger partial charge in [0.15, 0.2) is 0 Å². The number of nitrogens with one attached hydrogen (secondary N) is 1. The number of amides is 1. The first-order chi connectivity index (χ1) is 10.8. The minimum Gasteiger partial charge on any atom is -0.493 e. The van der Waals surface area contributed by atoms with E-state index in [0.717, 1.165) is 43.1 Å². The molecule has 0 spiro atoms. The fourth-order valence-corrected chi connectivity index (χ4v) is 3.26. The highest BCUT2D eigenvalue weighted by atomic mass is 35.5. The Balaban J connectivity index is 0.00000192. The SMILES string of the molecule is Cl.NC[C@H]1CCC[C@H]1C(=O)NCc1ccccc1OCC1CC1. The first-order valence-corrected chi connectivity index (χ1v) is 8.46. The maximum atomic E-state index is 12.4. The van der Waals surface area contributed by atoms with Crippen molar-refractivity contribution >= 4 is 18.3 Å². The van der Waals surface area contributed by atoms with Crippen LogP contribution in [-0.2, 0) is 11.3 Å².